The van der Waals surface area contributed by atoms with Crippen molar-refractivity contribution in [1.82, 2.24) is 4.90 Å². The predicted octanol–water partition coefficient (Wildman–Crippen LogP) is 7.74. The number of rotatable bonds is 5. The van der Waals surface area contributed by atoms with Crippen LogP contribution in [0.15, 0.2) is 78.4 Å². The van der Waals surface area contributed by atoms with Crippen LogP contribution >= 0.6 is 62.7 Å². The van der Waals surface area contributed by atoms with Crippen molar-refractivity contribution in [2.45, 2.75) is 16.5 Å². The lowest BCUT2D eigenvalue weighted by Gasteiger charge is -2.12. The van der Waals surface area contributed by atoms with Gasteiger partial charge >= 0.3 is 0 Å². The highest BCUT2D eigenvalue weighted by molar-refractivity contribution is 9.10. The van der Waals surface area contributed by atoms with E-state index in [1.54, 1.807) is 48.5 Å². The van der Waals surface area contributed by atoms with Gasteiger partial charge in [0.1, 0.15) is 5.76 Å². The molecule has 0 bridgehead atoms. The molecule has 1 saturated heterocycles. The van der Waals surface area contributed by atoms with E-state index in [4.69, 9.17) is 27.6 Å². The molecule has 30 heavy (non-hydrogen) atoms. The highest BCUT2D eigenvalue weighted by atomic mass is 79.9. The van der Waals surface area contributed by atoms with Gasteiger partial charge in [0.2, 0.25) is 0 Å². The van der Waals surface area contributed by atoms with Crippen LogP contribution in [0.25, 0.3) is 6.08 Å². The van der Waals surface area contributed by atoms with Crippen molar-refractivity contribution in [3.63, 3.8) is 0 Å². The molecule has 1 fully saturated rings. The standard InChI is InChI=1S/C21H12BrCl2NO3S2/c22-17-9-15(28-20(17)29-16-7-5-14(24)6-8-16)10-18-19(26)25(21(27)30-18)11-12-1-3-13(23)4-2-12/h1-10H,11H2/b18-10+. The van der Waals surface area contributed by atoms with Gasteiger partial charge in [0.25, 0.3) is 11.1 Å². The average Bonchev–Trinajstić information content (AvgIpc) is 3.19. The number of furan rings is 1. The van der Waals surface area contributed by atoms with E-state index in [0.717, 1.165) is 26.7 Å². The first kappa shape index (κ1) is 21.6. The normalized spacial score (nSPS) is 15.4. The zero-order valence-corrected chi connectivity index (χ0v) is 19.8. The van der Waals surface area contributed by atoms with Crippen molar-refractivity contribution in [2.24, 2.45) is 0 Å². The van der Waals surface area contributed by atoms with Gasteiger partial charge in [0, 0.05) is 21.0 Å². The molecule has 1 aliphatic heterocycles. The Morgan fingerprint density at radius 2 is 1.67 bits per heavy atom. The third-order valence-electron chi connectivity index (χ3n) is 4.10. The van der Waals surface area contributed by atoms with Gasteiger partial charge < -0.3 is 4.42 Å². The molecule has 152 valence electrons. The molecule has 9 heteroatoms. The highest BCUT2D eigenvalue weighted by Crippen LogP contribution is 2.39. The van der Waals surface area contributed by atoms with Gasteiger partial charge in [-0.2, -0.15) is 0 Å². The molecule has 0 saturated carbocycles. The number of carbonyl (C=O) groups is 2. The van der Waals surface area contributed by atoms with Crippen LogP contribution in [0.3, 0.4) is 0 Å². The van der Waals surface area contributed by atoms with Crippen molar-refractivity contribution in [3.05, 3.63) is 85.3 Å². The lowest BCUT2D eigenvalue weighted by Crippen LogP contribution is -2.27. The summed E-state index contributed by atoms with van der Waals surface area (Å²) >= 11 is 17.6. The van der Waals surface area contributed by atoms with Gasteiger partial charge in [0.05, 0.1) is 15.9 Å². The fourth-order valence-corrected chi connectivity index (χ4v) is 5.06. The molecule has 0 atom stereocenters. The maximum atomic E-state index is 12.7. The maximum absolute atomic E-state index is 12.7. The minimum Gasteiger partial charge on any atom is -0.449 e. The zero-order valence-electron chi connectivity index (χ0n) is 15.1. The van der Waals surface area contributed by atoms with E-state index in [1.165, 1.54) is 16.7 Å². The smallest absolute Gasteiger partial charge is 0.293 e. The lowest BCUT2D eigenvalue weighted by molar-refractivity contribution is -0.123. The van der Waals surface area contributed by atoms with E-state index in [1.807, 2.05) is 12.1 Å². The van der Waals surface area contributed by atoms with E-state index < -0.39 is 0 Å². The first-order chi connectivity index (χ1) is 14.4. The molecule has 2 heterocycles. The quantitative estimate of drug-likeness (QED) is 0.310. The molecule has 4 nitrogen and oxygen atoms in total. The van der Waals surface area contributed by atoms with Gasteiger partial charge in [-0.25, -0.2) is 0 Å². The fraction of sp³-hybridized carbons (Fsp3) is 0.0476. The number of nitrogens with zero attached hydrogens (tertiary/aromatic N) is 1. The van der Waals surface area contributed by atoms with Crippen molar-refractivity contribution >= 4 is 79.9 Å². The predicted molar refractivity (Wildman–Crippen MR) is 125 cm³/mol. The fourth-order valence-electron chi connectivity index (χ4n) is 2.66. The third-order valence-corrected chi connectivity index (χ3v) is 7.36. The van der Waals surface area contributed by atoms with Crippen LogP contribution in [0, 0.1) is 0 Å². The minimum absolute atomic E-state index is 0.193. The Hall–Kier alpha value is -1.64. The van der Waals surface area contributed by atoms with Crippen LogP contribution in [0.2, 0.25) is 10.0 Å². The Bertz CT molecular complexity index is 1140. The molecule has 0 N–H and O–H groups in total. The van der Waals surface area contributed by atoms with Crippen LogP contribution in [0.5, 0.6) is 0 Å². The highest BCUT2D eigenvalue weighted by Gasteiger charge is 2.35. The molecule has 4 rings (SSSR count). The number of hydrogen-bond acceptors (Lipinski definition) is 5. The molecule has 1 aliphatic rings. The molecule has 0 unspecified atom stereocenters. The minimum atomic E-state index is -0.348. The summed E-state index contributed by atoms with van der Waals surface area (Å²) in [4.78, 5) is 27.6. The van der Waals surface area contributed by atoms with Crippen molar-refractivity contribution in [2.75, 3.05) is 0 Å². The molecular formula is C21H12BrCl2NO3S2. The summed E-state index contributed by atoms with van der Waals surface area (Å²) in [5, 5.41) is 1.59. The number of benzene rings is 2. The topological polar surface area (TPSA) is 50.5 Å². The molecular weight excluding hydrogens is 529 g/mol. The summed E-state index contributed by atoms with van der Waals surface area (Å²) in [5.74, 6) is 0.134. The second kappa shape index (κ2) is 9.24. The lowest BCUT2D eigenvalue weighted by atomic mass is 10.2. The molecule has 1 aromatic heterocycles. The zero-order chi connectivity index (χ0) is 21.3. The summed E-state index contributed by atoms with van der Waals surface area (Å²) < 4.78 is 6.62. The maximum Gasteiger partial charge on any atom is 0.293 e. The molecule has 0 aliphatic carbocycles. The van der Waals surface area contributed by atoms with Gasteiger partial charge in [0.15, 0.2) is 5.09 Å². The number of imide groups is 1. The number of amides is 2. The largest absolute Gasteiger partial charge is 0.449 e. The molecule has 2 aromatic carbocycles. The average molecular weight is 541 g/mol. The second-order valence-electron chi connectivity index (χ2n) is 6.23. The summed E-state index contributed by atoms with van der Waals surface area (Å²) in [5.41, 5.74) is 0.824. The van der Waals surface area contributed by atoms with Crippen LogP contribution in [0.4, 0.5) is 4.79 Å². The summed E-state index contributed by atoms with van der Waals surface area (Å²) in [6, 6.07) is 16.2. The van der Waals surface area contributed by atoms with Crippen molar-refractivity contribution in [3.8, 4) is 0 Å². The van der Waals surface area contributed by atoms with Crippen LogP contribution in [-0.2, 0) is 11.3 Å². The summed E-state index contributed by atoms with van der Waals surface area (Å²) in [6.07, 6.45) is 1.59. The number of thioether (sulfide) groups is 1. The van der Waals surface area contributed by atoms with Gasteiger partial charge in [-0.3, -0.25) is 14.5 Å². The van der Waals surface area contributed by atoms with E-state index >= 15 is 0 Å². The monoisotopic (exact) mass is 539 g/mol. The Labute approximate surface area is 199 Å². The number of hydrogen-bond donors (Lipinski definition) is 0. The third kappa shape index (κ3) is 4.98. The van der Waals surface area contributed by atoms with Crippen LogP contribution in [0.1, 0.15) is 11.3 Å². The summed E-state index contributed by atoms with van der Waals surface area (Å²) in [7, 11) is 0. The Morgan fingerprint density at radius 3 is 2.33 bits per heavy atom. The van der Waals surface area contributed by atoms with Crippen molar-refractivity contribution in [1.29, 1.82) is 0 Å². The van der Waals surface area contributed by atoms with Gasteiger partial charge in [-0.15, -0.1) is 0 Å². The van der Waals surface area contributed by atoms with Crippen molar-refractivity contribution < 1.29 is 14.0 Å². The van der Waals surface area contributed by atoms with E-state index in [-0.39, 0.29) is 17.7 Å². The number of halogens is 3. The Morgan fingerprint density at radius 1 is 1.03 bits per heavy atom. The Kier molecular flexibility index (Phi) is 6.65. The van der Waals surface area contributed by atoms with E-state index in [9.17, 15) is 9.59 Å². The second-order valence-corrected chi connectivity index (χ2v) is 10.0. The van der Waals surface area contributed by atoms with Crippen LogP contribution in [-0.4, -0.2) is 16.0 Å². The molecule has 3 aromatic rings. The van der Waals surface area contributed by atoms with Gasteiger partial charge in [-0.1, -0.05) is 47.1 Å². The number of carbonyl (C=O) groups excluding carboxylic acids is 2. The first-order valence-electron chi connectivity index (χ1n) is 8.61. The molecule has 0 radical (unpaired) electrons. The molecule has 0 spiro atoms. The first-order valence-corrected chi connectivity index (χ1v) is 11.8. The summed E-state index contributed by atoms with van der Waals surface area (Å²) in [6.45, 7) is 0.193. The molecule has 2 amide bonds. The Balaban J connectivity index is 1.50. The van der Waals surface area contributed by atoms with Gasteiger partial charge in [-0.05, 0) is 75.7 Å². The van der Waals surface area contributed by atoms with E-state index in [2.05, 4.69) is 15.9 Å². The SMILES string of the molecule is O=C1S/C(=C/c2cc(Br)c(Sc3ccc(Cl)cc3)o2)C(=O)N1Cc1ccc(Cl)cc1. The van der Waals surface area contributed by atoms with Crippen LogP contribution < -0.4 is 0 Å². The van der Waals surface area contributed by atoms with E-state index in [0.29, 0.717) is 25.8 Å².